The van der Waals surface area contributed by atoms with Crippen molar-refractivity contribution >= 4 is 5.78 Å². The first-order chi connectivity index (χ1) is 11.9. The molecule has 2 aromatic rings. The lowest BCUT2D eigenvalue weighted by molar-refractivity contribution is -0.999. The van der Waals surface area contributed by atoms with Gasteiger partial charge in [-0.3, -0.25) is 4.79 Å². The molecule has 0 spiro atoms. The van der Waals surface area contributed by atoms with E-state index in [-0.39, 0.29) is 11.6 Å². The maximum atomic E-state index is 13.1. The second-order valence-electron chi connectivity index (χ2n) is 7.30. The fourth-order valence-corrected chi connectivity index (χ4v) is 3.63. The summed E-state index contributed by atoms with van der Waals surface area (Å²) in [7, 11) is 2.21. The highest BCUT2D eigenvalue weighted by Crippen LogP contribution is 2.17. The predicted octanol–water partition coefficient (Wildman–Crippen LogP) is -0.112. The summed E-state index contributed by atoms with van der Waals surface area (Å²) in [6.07, 6.45) is 0. The van der Waals surface area contributed by atoms with Crippen LogP contribution in [-0.4, -0.2) is 50.1 Å². The zero-order chi connectivity index (χ0) is 18.0. The van der Waals surface area contributed by atoms with E-state index in [9.17, 15) is 9.18 Å². The molecule has 1 fully saturated rings. The molecule has 1 saturated heterocycles. The van der Waals surface area contributed by atoms with Crippen LogP contribution in [-0.2, 0) is 6.54 Å². The number of nitrogens with zero attached hydrogens (tertiary/aromatic N) is 1. The molecule has 25 heavy (non-hydrogen) atoms. The van der Waals surface area contributed by atoms with Crippen LogP contribution in [0.3, 0.4) is 0 Å². The van der Waals surface area contributed by atoms with Crippen molar-refractivity contribution in [3.8, 4) is 0 Å². The average molecular weight is 345 g/mol. The van der Waals surface area contributed by atoms with Crippen LogP contribution in [0.2, 0.25) is 0 Å². The van der Waals surface area contributed by atoms with Crippen molar-refractivity contribution in [3.05, 3.63) is 58.7 Å². The summed E-state index contributed by atoms with van der Waals surface area (Å²) in [5.74, 6) is 0.00515. The molecule has 2 N–H and O–H groups in total. The third-order valence-corrected chi connectivity index (χ3v) is 5.35. The molecule has 0 atom stereocenters. The number of aromatic nitrogens is 1. The molecule has 4 nitrogen and oxygen atoms in total. The molecule has 0 radical (unpaired) electrons. The Morgan fingerprint density at radius 3 is 2.40 bits per heavy atom. The van der Waals surface area contributed by atoms with Crippen LogP contribution in [0.5, 0.6) is 0 Å². The number of quaternary nitrogens is 2. The number of carbonyl (C=O) groups is 1. The first-order valence-electron chi connectivity index (χ1n) is 9.03. The van der Waals surface area contributed by atoms with Crippen molar-refractivity contribution in [1.29, 1.82) is 0 Å². The highest BCUT2D eigenvalue weighted by molar-refractivity contribution is 5.98. The van der Waals surface area contributed by atoms with E-state index in [0.717, 1.165) is 48.7 Å². The normalized spacial score (nSPS) is 20.6. The Labute approximate surface area is 148 Å². The number of likely N-dealkylation sites (N-methyl/N-ethyl adjacent to an activating group) is 1. The summed E-state index contributed by atoms with van der Waals surface area (Å²) in [4.78, 5) is 15.7. The summed E-state index contributed by atoms with van der Waals surface area (Å²) >= 11 is 0. The molecule has 0 bridgehead atoms. The zero-order valence-corrected chi connectivity index (χ0v) is 15.4. The average Bonchev–Trinajstić information content (AvgIpc) is 2.87. The predicted molar refractivity (Wildman–Crippen MR) is 95.9 cm³/mol. The van der Waals surface area contributed by atoms with Gasteiger partial charge in [-0.2, -0.15) is 0 Å². The largest absolute Gasteiger partial charge is 0.344 e. The molecule has 3 rings (SSSR count). The Hall–Kier alpha value is -1.98. The fourth-order valence-electron chi connectivity index (χ4n) is 3.63. The number of Topliss-reactive ketones (excluding diaryl/α,β-unsaturated/α-hetero) is 1. The van der Waals surface area contributed by atoms with Crippen LogP contribution in [0.25, 0.3) is 0 Å². The Kier molecular flexibility index (Phi) is 5.35. The number of aryl methyl sites for hydroxylation is 1. The van der Waals surface area contributed by atoms with E-state index >= 15 is 0 Å². The van der Waals surface area contributed by atoms with Gasteiger partial charge in [0.25, 0.3) is 0 Å². The zero-order valence-electron chi connectivity index (χ0n) is 15.4. The quantitative estimate of drug-likeness (QED) is 0.728. The first-order valence-corrected chi connectivity index (χ1v) is 9.03. The fraction of sp³-hybridized carbons (Fsp3) is 0.450. The van der Waals surface area contributed by atoms with Crippen molar-refractivity contribution in [3.63, 3.8) is 0 Å². The maximum absolute atomic E-state index is 13.1. The van der Waals surface area contributed by atoms with Gasteiger partial charge >= 0.3 is 0 Å². The Bertz CT molecular complexity index is 743. The lowest BCUT2D eigenvalue weighted by Crippen LogP contribution is -3.27. The molecule has 1 aliphatic heterocycles. The summed E-state index contributed by atoms with van der Waals surface area (Å²) in [5, 5.41) is 0. The Morgan fingerprint density at radius 1 is 1.12 bits per heavy atom. The number of hydrogen-bond acceptors (Lipinski definition) is 1. The Morgan fingerprint density at radius 2 is 1.76 bits per heavy atom. The van der Waals surface area contributed by atoms with Gasteiger partial charge in [0.15, 0.2) is 0 Å². The molecule has 134 valence electrons. The summed E-state index contributed by atoms with van der Waals surface area (Å²) < 4.78 is 15.2. The molecule has 5 heteroatoms. The number of nitrogens with one attached hydrogen (secondary N) is 2. The minimum absolute atomic E-state index is 0.224. The number of benzene rings is 1. The maximum Gasteiger partial charge on any atom is 0.218 e. The van der Waals surface area contributed by atoms with Crippen LogP contribution in [0.4, 0.5) is 4.39 Å². The minimum atomic E-state index is -0.224. The molecule has 1 aliphatic rings. The van der Waals surface area contributed by atoms with Crippen LogP contribution in [0, 0.1) is 19.7 Å². The van der Waals surface area contributed by atoms with Gasteiger partial charge < -0.3 is 14.4 Å². The standard InChI is InChI=1S/C20H26FN3O/c1-15-12-19(20(25)14-23-10-8-22(3)9-11-23)16(2)24(15)13-17-4-6-18(21)7-5-17/h4-7,12H,8-11,13-14H2,1-3H3/p+2. The molecular formula is C20H28FN3O+2. The smallest absolute Gasteiger partial charge is 0.218 e. The molecule has 0 aliphatic carbocycles. The van der Waals surface area contributed by atoms with E-state index in [1.54, 1.807) is 17.0 Å². The van der Waals surface area contributed by atoms with E-state index in [1.165, 1.54) is 17.0 Å². The third-order valence-electron chi connectivity index (χ3n) is 5.35. The third kappa shape index (κ3) is 4.17. The highest BCUT2D eigenvalue weighted by Gasteiger charge is 2.25. The molecule has 1 aromatic heterocycles. The van der Waals surface area contributed by atoms with Gasteiger partial charge in [0, 0.05) is 23.5 Å². The molecular weight excluding hydrogens is 317 g/mol. The molecule has 0 amide bonds. The van der Waals surface area contributed by atoms with Crippen molar-refractivity contribution in [2.75, 3.05) is 39.8 Å². The van der Waals surface area contributed by atoms with Crippen LogP contribution >= 0.6 is 0 Å². The second-order valence-corrected chi connectivity index (χ2v) is 7.30. The molecule has 1 aromatic carbocycles. The number of ketones is 1. The van der Waals surface area contributed by atoms with Crippen molar-refractivity contribution in [1.82, 2.24) is 4.57 Å². The highest BCUT2D eigenvalue weighted by atomic mass is 19.1. The Balaban J connectivity index is 1.72. The molecule has 0 unspecified atom stereocenters. The monoisotopic (exact) mass is 345 g/mol. The number of carbonyl (C=O) groups excluding carboxylic acids is 1. The summed E-state index contributed by atoms with van der Waals surface area (Å²) in [6, 6.07) is 8.56. The van der Waals surface area contributed by atoms with E-state index in [4.69, 9.17) is 0 Å². The molecule has 0 saturated carbocycles. The lowest BCUT2D eigenvalue weighted by atomic mass is 10.1. The number of hydrogen-bond donors (Lipinski definition) is 2. The second kappa shape index (κ2) is 7.50. The van der Waals surface area contributed by atoms with E-state index in [2.05, 4.69) is 11.6 Å². The molecule has 2 heterocycles. The number of piperazine rings is 1. The van der Waals surface area contributed by atoms with E-state index in [1.807, 2.05) is 19.9 Å². The van der Waals surface area contributed by atoms with Gasteiger partial charge in [-0.15, -0.1) is 0 Å². The van der Waals surface area contributed by atoms with Gasteiger partial charge in [-0.1, -0.05) is 12.1 Å². The van der Waals surface area contributed by atoms with Gasteiger partial charge in [-0.05, 0) is 37.6 Å². The minimum Gasteiger partial charge on any atom is -0.344 e. The van der Waals surface area contributed by atoms with Gasteiger partial charge in [0.05, 0.1) is 7.05 Å². The topological polar surface area (TPSA) is 30.9 Å². The van der Waals surface area contributed by atoms with Crippen molar-refractivity contribution < 1.29 is 19.0 Å². The van der Waals surface area contributed by atoms with Gasteiger partial charge in [0.2, 0.25) is 5.78 Å². The van der Waals surface area contributed by atoms with Crippen LogP contribution < -0.4 is 9.80 Å². The SMILES string of the molecule is Cc1cc(C(=O)C[NH+]2CC[NH+](C)CC2)c(C)n1Cc1ccc(F)cc1. The number of halogens is 1. The van der Waals surface area contributed by atoms with Crippen LogP contribution in [0.1, 0.15) is 27.3 Å². The van der Waals surface area contributed by atoms with E-state index in [0.29, 0.717) is 13.1 Å². The lowest BCUT2D eigenvalue weighted by Gasteiger charge is -2.26. The van der Waals surface area contributed by atoms with Gasteiger partial charge in [0.1, 0.15) is 38.5 Å². The van der Waals surface area contributed by atoms with Gasteiger partial charge in [-0.25, -0.2) is 4.39 Å². The van der Waals surface area contributed by atoms with Crippen LogP contribution in [0.15, 0.2) is 30.3 Å². The van der Waals surface area contributed by atoms with E-state index < -0.39 is 0 Å². The summed E-state index contributed by atoms with van der Waals surface area (Å²) in [6.45, 7) is 9.66. The van der Waals surface area contributed by atoms with Crippen molar-refractivity contribution in [2.45, 2.75) is 20.4 Å². The van der Waals surface area contributed by atoms with Crippen molar-refractivity contribution in [2.24, 2.45) is 0 Å². The first kappa shape index (κ1) is 17.8. The number of rotatable bonds is 5. The summed E-state index contributed by atoms with van der Waals surface area (Å²) in [5.41, 5.74) is 3.95.